The van der Waals surface area contributed by atoms with E-state index in [0.29, 0.717) is 44.3 Å². The van der Waals surface area contributed by atoms with Gasteiger partial charge >= 0.3 is 0 Å². The van der Waals surface area contributed by atoms with Crippen molar-refractivity contribution >= 4 is 5.91 Å². The van der Waals surface area contributed by atoms with Crippen LogP contribution < -0.4 is 0 Å². The molecule has 1 amide bonds. The molecular weight excluding hydrogens is 415 g/mol. The van der Waals surface area contributed by atoms with E-state index in [-0.39, 0.29) is 23.9 Å². The highest BCUT2D eigenvalue weighted by Crippen LogP contribution is 2.29. The van der Waals surface area contributed by atoms with Crippen molar-refractivity contribution in [1.29, 1.82) is 0 Å². The number of carbonyl (C=O) groups is 1. The third kappa shape index (κ3) is 4.28. The van der Waals surface area contributed by atoms with Gasteiger partial charge in [0.1, 0.15) is 5.82 Å². The van der Waals surface area contributed by atoms with Crippen LogP contribution in [0.3, 0.4) is 0 Å². The number of halogens is 1. The molecule has 4 heterocycles. The van der Waals surface area contributed by atoms with Gasteiger partial charge in [-0.3, -0.25) is 9.69 Å². The zero-order valence-electron chi connectivity index (χ0n) is 17.6. The molecule has 0 spiro atoms. The molecular formula is C22H25FN6O3. The highest BCUT2D eigenvalue weighted by atomic mass is 19.1. The fourth-order valence-electron chi connectivity index (χ4n) is 4.43. The summed E-state index contributed by atoms with van der Waals surface area (Å²) < 4.78 is 26.5. The summed E-state index contributed by atoms with van der Waals surface area (Å²) in [6, 6.07) is 9.57. The van der Waals surface area contributed by atoms with Crippen LogP contribution in [-0.4, -0.2) is 74.8 Å². The Morgan fingerprint density at radius 1 is 1.16 bits per heavy atom. The van der Waals surface area contributed by atoms with Crippen molar-refractivity contribution in [2.45, 2.75) is 31.5 Å². The molecule has 0 radical (unpaired) electrons. The molecule has 0 bridgehead atoms. The summed E-state index contributed by atoms with van der Waals surface area (Å²) in [4.78, 5) is 16.7. The van der Waals surface area contributed by atoms with Gasteiger partial charge < -0.3 is 14.1 Å². The normalized spacial score (nSPS) is 20.5. The maximum Gasteiger partial charge on any atom is 0.289 e. The van der Waals surface area contributed by atoms with Crippen LogP contribution in [0, 0.1) is 5.82 Å². The monoisotopic (exact) mass is 440 g/mol. The molecule has 2 saturated heterocycles. The van der Waals surface area contributed by atoms with E-state index >= 15 is 0 Å². The summed E-state index contributed by atoms with van der Waals surface area (Å²) in [5.74, 6) is 0.628. The predicted molar refractivity (Wildman–Crippen MR) is 111 cm³/mol. The van der Waals surface area contributed by atoms with Gasteiger partial charge in [-0.1, -0.05) is 12.1 Å². The largest absolute Gasteiger partial charge is 0.459 e. The van der Waals surface area contributed by atoms with Gasteiger partial charge in [0.25, 0.3) is 5.91 Å². The van der Waals surface area contributed by atoms with E-state index in [1.54, 1.807) is 33.8 Å². The molecule has 32 heavy (non-hydrogen) atoms. The first kappa shape index (κ1) is 20.8. The lowest BCUT2D eigenvalue weighted by atomic mass is 10.0. The summed E-state index contributed by atoms with van der Waals surface area (Å²) in [5, 5.41) is 12.5. The first-order valence-electron chi connectivity index (χ1n) is 10.9. The number of hydrogen-bond acceptors (Lipinski definition) is 7. The molecule has 1 aromatic carbocycles. The summed E-state index contributed by atoms with van der Waals surface area (Å²) in [5.41, 5.74) is 0.903. The van der Waals surface area contributed by atoms with Crippen molar-refractivity contribution in [1.82, 2.24) is 30.0 Å². The minimum absolute atomic E-state index is 0.0916. The molecule has 0 N–H and O–H groups in total. The van der Waals surface area contributed by atoms with Gasteiger partial charge in [0.2, 0.25) is 0 Å². The van der Waals surface area contributed by atoms with Gasteiger partial charge in [-0.15, -0.1) is 5.10 Å². The average molecular weight is 440 g/mol. The Hall–Kier alpha value is -3.11. The number of amides is 1. The topological polar surface area (TPSA) is 89.5 Å². The van der Waals surface area contributed by atoms with Crippen LogP contribution in [0.4, 0.5) is 4.39 Å². The molecule has 0 unspecified atom stereocenters. The number of nitrogens with zero attached hydrogens (tertiary/aromatic N) is 6. The fourth-order valence-corrected chi connectivity index (χ4v) is 4.43. The van der Waals surface area contributed by atoms with Crippen molar-refractivity contribution < 1.29 is 18.3 Å². The number of aromatic nitrogens is 4. The highest BCUT2D eigenvalue weighted by Gasteiger charge is 2.33. The van der Waals surface area contributed by atoms with Crippen LogP contribution in [0.1, 0.15) is 40.8 Å². The van der Waals surface area contributed by atoms with Gasteiger partial charge in [-0.25, -0.2) is 9.07 Å². The van der Waals surface area contributed by atoms with Crippen LogP contribution in [-0.2, 0) is 11.3 Å². The second-order valence-corrected chi connectivity index (χ2v) is 8.11. The van der Waals surface area contributed by atoms with Crippen molar-refractivity contribution in [2.24, 2.45) is 0 Å². The standard InChI is InChI=1S/C22H25FN6O3/c23-17-7-5-16(6-8-17)20(21-24-25-26-29(21)15-18-3-1-13-31-18)27-9-11-28(12-10-27)22(30)19-4-2-14-32-19/h2,4-8,14,18,20H,1,3,9-13,15H2/t18-,20-/m1/s1. The predicted octanol–water partition coefficient (Wildman–Crippen LogP) is 2.13. The van der Waals surface area contributed by atoms with Gasteiger partial charge in [0.05, 0.1) is 25.0 Å². The fraction of sp³-hybridized carbons (Fsp3) is 0.455. The lowest BCUT2D eigenvalue weighted by Gasteiger charge is -2.38. The minimum Gasteiger partial charge on any atom is -0.459 e. The molecule has 3 aromatic rings. The molecule has 5 rings (SSSR count). The highest BCUT2D eigenvalue weighted by molar-refractivity contribution is 5.91. The summed E-state index contributed by atoms with van der Waals surface area (Å²) in [7, 11) is 0. The van der Waals surface area contributed by atoms with E-state index in [0.717, 1.165) is 25.0 Å². The number of tetrazole rings is 1. The van der Waals surface area contributed by atoms with E-state index < -0.39 is 0 Å². The number of furan rings is 1. The molecule has 2 fully saturated rings. The Kier molecular flexibility index (Phi) is 5.95. The third-order valence-electron chi connectivity index (χ3n) is 6.09. The zero-order chi connectivity index (χ0) is 21.9. The van der Waals surface area contributed by atoms with E-state index in [4.69, 9.17) is 9.15 Å². The molecule has 0 saturated carbocycles. The first-order valence-corrected chi connectivity index (χ1v) is 10.9. The molecule has 10 heteroatoms. The van der Waals surface area contributed by atoms with Crippen molar-refractivity contribution in [3.63, 3.8) is 0 Å². The minimum atomic E-state index is -0.291. The Morgan fingerprint density at radius 2 is 1.97 bits per heavy atom. The van der Waals surface area contributed by atoms with Crippen LogP contribution in [0.15, 0.2) is 47.1 Å². The van der Waals surface area contributed by atoms with E-state index in [1.807, 2.05) is 0 Å². The summed E-state index contributed by atoms with van der Waals surface area (Å²) in [6.45, 7) is 3.68. The molecule has 168 valence electrons. The first-order chi connectivity index (χ1) is 15.7. The summed E-state index contributed by atoms with van der Waals surface area (Å²) in [6.07, 6.45) is 3.61. The second kappa shape index (κ2) is 9.17. The second-order valence-electron chi connectivity index (χ2n) is 8.11. The van der Waals surface area contributed by atoms with E-state index in [2.05, 4.69) is 20.4 Å². The van der Waals surface area contributed by atoms with Crippen molar-refractivity contribution in [2.75, 3.05) is 32.8 Å². The Labute approximate surface area is 184 Å². The molecule has 2 aromatic heterocycles. The van der Waals surface area contributed by atoms with E-state index in [9.17, 15) is 9.18 Å². The number of benzene rings is 1. The number of piperazine rings is 1. The van der Waals surface area contributed by atoms with Crippen molar-refractivity contribution in [3.8, 4) is 0 Å². The van der Waals surface area contributed by atoms with Crippen LogP contribution in [0.25, 0.3) is 0 Å². The third-order valence-corrected chi connectivity index (χ3v) is 6.09. The molecule has 9 nitrogen and oxygen atoms in total. The number of hydrogen-bond donors (Lipinski definition) is 0. The van der Waals surface area contributed by atoms with Gasteiger partial charge in [0, 0.05) is 32.8 Å². The van der Waals surface area contributed by atoms with Gasteiger partial charge in [-0.05, 0) is 53.1 Å². The Bertz CT molecular complexity index is 1020. The van der Waals surface area contributed by atoms with E-state index in [1.165, 1.54) is 18.4 Å². The quantitative estimate of drug-likeness (QED) is 0.580. The molecule has 0 aliphatic carbocycles. The van der Waals surface area contributed by atoms with Gasteiger partial charge in [-0.2, -0.15) is 0 Å². The van der Waals surface area contributed by atoms with Crippen LogP contribution in [0.2, 0.25) is 0 Å². The maximum atomic E-state index is 13.6. The number of ether oxygens (including phenoxy) is 1. The Morgan fingerprint density at radius 3 is 2.66 bits per heavy atom. The lowest BCUT2D eigenvalue weighted by Crippen LogP contribution is -2.50. The Balaban J connectivity index is 1.38. The smallest absolute Gasteiger partial charge is 0.289 e. The SMILES string of the molecule is O=C(c1ccco1)N1CCN([C@H](c2ccc(F)cc2)c2nnnn2C[C@H]2CCCO2)CC1. The molecule has 2 aliphatic heterocycles. The van der Waals surface area contributed by atoms with Crippen molar-refractivity contribution in [3.05, 3.63) is 65.6 Å². The molecule has 2 aliphatic rings. The summed E-state index contributed by atoms with van der Waals surface area (Å²) >= 11 is 0. The van der Waals surface area contributed by atoms with Gasteiger partial charge in [0.15, 0.2) is 11.6 Å². The lowest BCUT2D eigenvalue weighted by molar-refractivity contribution is 0.0551. The zero-order valence-corrected chi connectivity index (χ0v) is 17.6. The number of carbonyl (C=O) groups excluding carboxylic acids is 1. The van der Waals surface area contributed by atoms with Crippen LogP contribution in [0.5, 0.6) is 0 Å². The van der Waals surface area contributed by atoms with Crippen LogP contribution >= 0.6 is 0 Å². The maximum absolute atomic E-state index is 13.6. The molecule has 2 atom stereocenters. The number of rotatable bonds is 6. The average Bonchev–Trinajstić information content (AvgIpc) is 3.60.